The summed E-state index contributed by atoms with van der Waals surface area (Å²) in [5.74, 6) is -0.113. The highest BCUT2D eigenvalue weighted by molar-refractivity contribution is 6.02. The van der Waals surface area contributed by atoms with Gasteiger partial charge in [-0.2, -0.15) is 10.2 Å². The predicted molar refractivity (Wildman–Crippen MR) is 106 cm³/mol. The monoisotopic (exact) mass is 395 g/mol. The molecule has 10 nitrogen and oxygen atoms in total. The van der Waals surface area contributed by atoms with Crippen LogP contribution in [0, 0.1) is 0 Å². The number of carboxylic acid groups (broad SMARTS) is 1. The zero-order valence-electron chi connectivity index (χ0n) is 16.1. The van der Waals surface area contributed by atoms with Gasteiger partial charge in [-0.1, -0.05) is 6.07 Å². The van der Waals surface area contributed by atoms with Crippen LogP contribution in [-0.4, -0.2) is 54.2 Å². The van der Waals surface area contributed by atoms with Crippen molar-refractivity contribution >= 4 is 23.4 Å². The minimum atomic E-state index is -1.04. The minimum Gasteiger partial charge on any atom is -0.465 e. The van der Waals surface area contributed by atoms with E-state index in [1.807, 2.05) is 19.2 Å². The molecule has 2 amide bonds. The molecule has 3 aromatic rings. The quantitative estimate of drug-likeness (QED) is 0.724. The Kier molecular flexibility index (Phi) is 4.75. The highest BCUT2D eigenvalue weighted by Gasteiger charge is 2.33. The van der Waals surface area contributed by atoms with E-state index >= 15 is 0 Å². The molecule has 0 fully saturated rings. The summed E-state index contributed by atoms with van der Waals surface area (Å²) in [6.07, 6.45) is 5.74. The Balaban J connectivity index is 1.64. The maximum atomic E-state index is 12.1. The molecule has 29 heavy (non-hydrogen) atoms. The SMILES string of the molecule is CC(=O)N1c2ccc(-c3cnn(CCn4cncn4)c3)cc2N(C(=O)O)C[C@@H]1C. The van der Waals surface area contributed by atoms with Gasteiger partial charge >= 0.3 is 6.09 Å². The zero-order valence-corrected chi connectivity index (χ0v) is 16.1. The lowest BCUT2D eigenvalue weighted by atomic mass is 10.0. The highest BCUT2D eigenvalue weighted by Crippen LogP contribution is 2.38. The standard InChI is InChI=1S/C19H21N7O3/c1-13-9-25(19(28)29)18-7-15(3-4-17(18)26(13)14(2)27)16-8-21-23(10-16)5-6-24-12-20-11-22-24/h3-4,7-8,10-13H,5-6,9H2,1-2H3,(H,28,29)/t13-/m0/s1. The van der Waals surface area contributed by atoms with Crippen LogP contribution in [0.4, 0.5) is 16.2 Å². The number of carbonyl (C=O) groups excluding carboxylic acids is 1. The zero-order chi connectivity index (χ0) is 20.5. The van der Waals surface area contributed by atoms with E-state index in [0.717, 1.165) is 11.1 Å². The summed E-state index contributed by atoms with van der Waals surface area (Å²) in [6, 6.07) is 5.24. The van der Waals surface area contributed by atoms with Crippen molar-refractivity contribution in [1.29, 1.82) is 0 Å². The largest absolute Gasteiger partial charge is 0.465 e. The Hall–Kier alpha value is -3.69. The van der Waals surface area contributed by atoms with Crippen LogP contribution in [0.25, 0.3) is 11.1 Å². The van der Waals surface area contributed by atoms with E-state index in [0.29, 0.717) is 24.5 Å². The summed E-state index contributed by atoms with van der Waals surface area (Å²) in [4.78, 5) is 30.7. The lowest BCUT2D eigenvalue weighted by Gasteiger charge is -2.39. The average molecular weight is 395 g/mol. The number of anilines is 2. The Morgan fingerprint density at radius 1 is 1.14 bits per heavy atom. The van der Waals surface area contributed by atoms with Crippen molar-refractivity contribution in [3.8, 4) is 11.1 Å². The van der Waals surface area contributed by atoms with Crippen molar-refractivity contribution in [2.45, 2.75) is 33.0 Å². The van der Waals surface area contributed by atoms with Crippen LogP contribution in [0.15, 0.2) is 43.2 Å². The molecule has 1 aliphatic rings. The number of amides is 2. The second kappa shape index (κ2) is 7.38. The molecule has 0 aliphatic carbocycles. The summed E-state index contributed by atoms with van der Waals surface area (Å²) in [5, 5.41) is 18.1. The van der Waals surface area contributed by atoms with Crippen LogP contribution >= 0.6 is 0 Å². The average Bonchev–Trinajstić information content (AvgIpc) is 3.36. The molecule has 0 bridgehead atoms. The number of carbonyl (C=O) groups is 2. The minimum absolute atomic E-state index is 0.113. The maximum Gasteiger partial charge on any atom is 0.411 e. The van der Waals surface area contributed by atoms with E-state index in [4.69, 9.17) is 0 Å². The fourth-order valence-electron chi connectivity index (χ4n) is 3.65. The number of fused-ring (bicyclic) bond motifs is 1. The molecular weight excluding hydrogens is 374 g/mol. The number of nitrogens with zero attached hydrogens (tertiary/aromatic N) is 7. The normalized spacial score (nSPS) is 16.0. The van der Waals surface area contributed by atoms with Gasteiger partial charge in [0.1, 0.15) is 12.7 Å². The number of aryl methyl sites for hydroxylation is 2. The third kappa shape index (κ3) is 3.56. The first-order valence-corrected chi connectivity index (χ1v) is 9.23. The third-order valence-corrected chi connectivity index (χ3v) is 4.97. The molecule has 1 atom stereocenters. The number of hydrogen-bond donors (Lipinski definition) is 1. The lowest BCUT2D eigenvalue weighted by molar-refractivity contribution is -0.117. The van der Waals surface area contributed by atoms with Crippen LogP contribution in [0.1, 0.15) is 13.8 Å². The second-order valence-electron chi connectivity index (χ2n) is 6.99. The van der Waals surface area contributed by atoms with E-state index in [-0.39, 0.29) is 18.5 Å². The topological polar surface area (TPSA) is 109 Å². The molecule has 1 N–H and O–H groups in total. The molecule has 150 valence electrons. The molecule has 0 spiro atoms. The molecule has 0 saturated carbocycles. The molecule has 2 aromatic heterocycles. The molecule has 1 aromatic carbocycles. The van der Waals surface area contributed by atoms with Gasteiger partial charge in [-0.3, -0.25) is 19.1 Å². The molecule has 0 unspecified atom stereocenters. The predicted octanol–water partition coefficient (Wildman–Crippen LogP) is 2.08. The van der Waals surface area contributed by atoms with E-state index in [1.165, 1.54) is 18.2 Å². The fraction of sp³-hybridized carbons (Fsp3) is 0.316. The van der Waals surface area contributed by atoms with Gasteiger partial charge in [-0.25, -0.2) is 9.78 Å². The summed E-state index contributed by atoms with van der Waals surface area (Å²) >= 11 is 0. The summed E-state index contributed by atoms with van der Waals surface area (Å²) in [6.45, 7) is 4.83. The first-order valence-electron chi connectivity index (χ1n) is 9.23. The number of rotatable bonds is 4. The van der Waals surface area contributed by atoms with Crippen molar-refractivity contribution in [3.05, 3.63) is 43.2 Å². The van der Waals surface area contributed by atoms with Gasteiger partial charge in [0.05, 0.1) is 36.7 Å². The summed E-state index contributed by atoms with van der Waals surface area (Å²) < 4.78 is 3.53. The Bertz CT molecular complexity index is 1040. The van der Waals surface area contributed by atoms with Gasteiger partial charge in [0, 0.05) is 25.2 Å². The van der Waals surface area contributed by atoms with E-state index < -0.39 is 6.09 Å². The van der Waals surface area contributed by atoms with Crippen LogP contribution < -0.4 is 9.80 Å². The first kappa shape index (κ1) is 18.7. The van der Waals surface area contributed by atoms with Crippen molar-refractivity contribution in [2.75, 3.05) is 16.3 Å². The van der Waals surface area contributed by atoms with Gasteiger partial charge in [0.2, 0.25) is 5.91 Å². The molecule has 0 radical (unpaired) electrons. The number of hydrogen-bond acceptors (Lipinski definition) is 5. The smallest absolute Gasteiger partial charge is 0.411 e. The molecule has 3 heterocycles. The molecule has 1 aliphatic heterocycles. The fourth-order valence-corrected chi connectivity index (χ4v) is 3.65. The summed E-state index contributed by atoms with van der Waals surface area (Å²) in [7, 11) is 0. The van der Waals surface area contributed by atoms with Gasteiger partial charge < -0.3 is 10.0 Å². The van der Waals surface area contributed by atoms with Gasteiger partial charge in [0.15, 0.2) is 0 Å². The van der Waals surface area contributed by atoms with Gasteiger partial charge in [0.25, 0.3) is 0 Å². The lowest BCUT2D eigenvalue weighted by Crippen LogP contribution is -2.51. The van der Waals surface area contributed by atoms with Crippen LogP contribution in [0.5, 0.6) is 0 Å². The number of benzene rings is 1. The van der Waals surface area contributed by atoms with E-state index in [1.54, 1.807) is 38.9 Å². The van der Waals surface area contributed by atoms with E-state index in [9.17, 15) is 14.7 Å². The van der Waals surface area contributed by atoms with Crippen molar-refractivity contribution in [1.82, 2.24) is 24.5 Å². The maximum absolute atomic E-state index is 12.1. The summed E-state index contributed by atoms with van der Waals surface area (Å²) in [5.41, 5.74) is 2.80. The molecular formula is C19H21N7O3. The number of aromatic nitrogens is 5. The van der Waals surface area contributed by atoms with Gasteiger partial charge in [-0.15, -0.1) is 0 Å². The Labute approximate surface area is 167 Å². The molecule has 0 saturated heterocycles. The Morgan fingerprint density at radius 2 is 1.93 bits per heavy atom. The van der Waals surface area contributed by atoms with Crippen LogP contribution in [0.3, 0.4) is 0 Å². The second-order valence-corrected chi connectivity index (χ2v) is 6.99. The molecule has 10 heteroatoms. The highest BCUT2D eigenvalue weighted by atomic mass is 16.4. The Morgan fingerprint density at radius 3 is 2.62 bits per heavy atom. The van der Waals surface area contributed by atoms with Crippen molar-refractivity contribution in [2.24, 2.45) is 0 Å². The van der Waals surface area contributed by atoms with Crippen molar-refractivity contribution in [3.63, 3.8) is 0 Å². The van der Waals surface area contributed by atoms with Crippen LogP contribution in [0.2, 0.25) is 0 Å². The van der Waals surface area contributed by atoms with Gasteiger partial charge in [-0.05, 0) is 24.6 Å². The van der Waals surface area contributed by atoms with Crippen LogP contribution in [-0.2, 0) is 17.9 Å². The first-order chi connectivity index (χ1) is 13.9. The van der Waals surface area contributed by atoms with E-state index in [2.05, 4.69) is 15.2 Å². The van der Waals surface area contributed by atoms with Crippen molar-refractivity contribution < 1.29 is 14.7 Å². The molecule has 4 rings (SSSR count). The third-order valence-electron chi connectivity index (χ3n) is 4.97.